The summed E-state index contributed by atoms with van der Waals surface area (Å²) < 4.78 is 25.8. The Morgan fingerprint density at radius 3 is 2.50 bits per heavy atom. The zero-order valence-corrected chi connectivity index (χ0v) is 13.7. The van der Waals surface area contributed by atoms with E-state index in [-0.39, 0.29) is 5.75 Å². The highest BCUT2D eigenvalue weighted by atomic mass is 32.2. The maximum absolute atomic E-state index is 12.6. The highest BCUT2D eigenvalue weighted by Gasteiger charge is 2.16. The summed E-state index contributed by atoms with van der Waals surface area (Å²) in [5.41, 5.74) is 2.60. The lowest BCUT2D eigenvalue weighted by Crippen LogP contribution is -2.05. The molecule has 0 saturated heterocycles. The van der Waals surface area contributed by atoms with Gasteiger partial charge in [0.1, 0.15) is 4.64 Å². The van der Waals surface area contributed by atoms with Gasteiger partial charge in [-0.15, -0.1) is 0 Å². The van der Waals surface area contributed by atoms with Gasteiger partial charge in [0, 0.05) is 10.9 Å². The molecule has 0 spiro atoms. The molecule has 2 aromatic carbocycles. The zero-order valence-electron chi connectivity index (χ0n) is 12.0. The Kier molecular flexibility index (Phi) is 3.85. The number of nitrogens with one attached hydrogen (secondary N) is 1. The number of benzene rings is 2. The number of rotatable bonds is 3. The van der Waals surface area contributed by atoms with Crippen LogP contribution in [0.25, 0.3) is 10.9 Å². The lowest BCUT2D eigenvalue weighted by Gasteiger charge is -2.08. The Bertz CT molecular complexity index is 990. The van der Waals surface area contributed by atoms with E-state index in [2.05, 4.69) is 4.98 Å². The molecule has 0 radical (unpaired) electrons. The number of aromatic nitrogens is 1. The molecule has 22 heavy (non-hydrogen) atoms. The Labute approximate surface area is 134 Å². The topological polar surface area (TPSA) is 49.9 Å². The molecule has 0 bridgehead atoms. The summed E-state index contributed by atoms with van der Waals surface area (Å²) in [5.74, 6) is 0.00122. The predicted octanol–water partition coefficient (Wildman–Crippen LogP) is 4.18. The van der Waals surface area contributed by atoms with Gasteiger partial charge in [-0.2, -0.15) is 0 Å². The van der Waals surface area contributed by atoms with Crippen LogP contribution in [-0.4, -0.2) is 13.4 Å². The first-order valence-electron chi connectivity index (χ1n) is 6.86. The van der Waals surface area contributed by atoms with Crippen molar-refractivity contribution in [3.8, 4) is 0 Å². The fourth-order valence-corrected chi connectivity index (χ4v) is 4.13. The van der Waals surface area contributed by atoms with Gasteiger partial charge in [0.25, 0.3) is 0 Å². The van der Waals surface area contributed by atoms with E-state index >= 15 is 0 Å². The van der Waals surface area contributed by atoms with Crippen molar-refractivity contribution in [2.75, 3.05) is 0 Å². The van der Waals surface area contributed by atoms with Crippen LogP contribution in [-0.2, 0) is 15.6 Å². The van der Waals surface area contributed by atoms with E-state index in [9.17, 15) is 8.42 Å². The lowest BCUT2D eigenvalue weighted by atomic mass is 10.1. The molecule has 3 aromatic rings. The summed E-state index contributed by atoms with van der Waals surface area (Å²) in [6.45, 7) is 1.93. The van der Waals surface area contributed by atoms with E-state index < -0.39 is 9.84 Å². The summed E-state index contributed by atoms with van der Waals surface area (Å²) in [6, 6.07) is 16.2. The van der Waals surface area contributed by atoms with Crippen LogP contribution < -0.4 is 0 Å². The number of sulfone groups is 1. The Morgan fingerprint density at radius 2 is 1.77 bits per heavy atom. The van der Waals surface area contributed by atoms with E-state index in [1.54, 1.807) is 18.2 Å². The number of aromatic amines is 1. The molecule has 0 atom stereocenters. The predicted molar refractivity (Wildman–Crippen MR) is 91.2 cm³/mol. The number of H-pyrrole nitrogens is 1. The van der Waals surface area contributed by atoms with Gasteiger partial charge in [-0.25, -0.2) is 8.42 Å². The third-order valence-electron chi connectivity index (χ3n) is 3.58. The van der Waals surface area contributed by atoms with Crippen molar-refractivity contribution in [1.29, 1.82) is 0 Å². The standard InChI is InChI=1S/C17H15NO2S2/c1-12-9-17(21)18-16-8-7-14(10-15(12)16)22(19,20)11-13-5-3-2-4-6-13/h2-10H,11H2,1H3,(H,18,21). The van der Waals surface area contributed by atoms with E-state index in [1.807, 2.05) is 43.3 Å². The van der Waals surface area contributed by atoms with Crippen LogP contribution in [0, 0.1) is 11.6 Å². The molecule has 112 valence electrons. The van der Waals surface area contributed by atoms with Crippen molar-refractivity contribution < 1.29 is 8.42 Å². The number of fused-ring (bicyclic) bond motifs is 1. The normalized spacial score (nSPS) is 11.7. The van der Waals surface area contributed by atoms with Crippen LogP contribution in [0.15, 0.2) is 59.5 Å². The van der Waals surface area contributed by atoms with Crippen LogP contribution in [0.4, 0.5) is 0 Å². The summed E-state index contributed by atoms with van der Waals surface area (Å²) in [6.07, 6.45) is 0. The van der Waals surface area contributed by atoms with Gasteiger partial charge in [-0.3, -0.25) is 0 Å². The fourth-order valence-electron chi connectivity index (χ4n) is 2.47. The quantitative estimate of drug-likeness (QED) is 0.733. The van der Waals surface area contributed by atoms with Crippen LogP contribution in [0.3, 0.4) is 0 Å². The monoisotopic (exact) mass is 329 g/mol. The van der Waals surface area contributed by atoms with Crippen molar-refractivity contribution in [3.05, 3.63) is 70.4 Å². The van der Waals surface area contributed by atoms with Crippen LogP contribution in [0.2, 0.25) is 0 Å². The zero-order chi connectivity index (χ0) is 15.7. The Balaban J connectivity index is 2.08. The molecule has 3 rings (SSSR count). The second-order valence-corrected chi connectivity index (χ2v) is 7.70. The van der Waals surface area contributed by atoms with E-state index in [1.165, 1.54) is 0 Å². The largest absolute Gasteiger partial charge is 0.346 e. The van der Waals surface area contributed by atoms with Gasteiger partial charge in [0.15, 0.2) is 9.84 Å². The minimum absolute atomic E-state index is 0.00122. The molecule has 0 aliphatic carbocycles. The van der Waals surface area contributed by atoms with Crippen molar-refractivity contribution >= 4 is 33.0 Å². The molecular weight excluding hydrogens is 314 g/mol. The molecule has 0 amide bonds. The van der Waals surface area contributed by atoms with Crippen LogP contribution in [0.5, 0.6) is 0 Å². The minimum atomic E-state index is -3.37. The van der Waals surface area contributed by atoms with E-state index in [0.29, 0.717) is 9.54 Å². The van der Waals surface area contributed by atoms with Crippen molar-refractivity contribution in [2.45, 2.75) is 17.6 Å². The van der Waals surface area contributed by atoms with Gasteiger partial charge in [0.2, 0.25) is 0 Å². The number of aryl methyl sites for hydroxylation is 1. The molecular formula is C17H15NO2S2. The number of pyridine rings is 1. The Morgan fingerprint density at radius 1 is 1.05 bits per heavy atom. The summed E-state index contributed by atoms with van der Waals surface area (Å²) in [7, 11) is -3.37. The van der Waals surface area contributed by atoms with Crippen molar-refractivity contribution in [3.63, 3.8) is 0 Å². The van der Waals surface area contributed by atoms with Crippen molar-refractivity contribution in [2.24, 2.45) is 0 Å². The first-order chi connectivity index (χ1) is 10.5. The molecule has 3 nitrogen and oxygen atoms in total. The third kappa shape index (κ3) is 2.96. The van der Waals surface area contributed by atoms with Crippen LogP contribution in [0.1, 0.15) is 11.1 Å². The number of hydrogen-bond acceptors (Lipinski definition) is 3. The first kappa shape index (κ1) is 14.9. The highest BCUT2D eigenvalue weighted by Crippen LogP contribution is 2.23. The highest BCUT2D eigenvalue weighted by molar-refractivity contribution is 7.90. The molecule has 0 aliphatic rings. The first-order valence-corrected chi connectivity index (χ1v) is 8.92. The lowest BCUT2D eigenvalue weighted by molar-refractivity contribution is 0.595. The maximum atomic E-state index is 12.6. The maximum Gasteiger partial charge on any atom is 0.182 e. The molecule has 0 aliphatic heterocycles. The average molecular weight is 329 g/mol. The van der Waals surface area contributed by atoms with Gasteiger partial charge < -0.3 is 4.98 Å². The second-order valence-electron chi connectivity index (χ2n) is 5.27. The SMILES string of the molecule is Cc1cc(=S)[nH]c2ccc(S(=O)(=O)Cc3ccccc3)cc12. The summed E-state index contributed by atoms with van der Waals surface area (Å²) >= 11 is 5.15. The van der Waals surface area contributed by atoms with Gasteiger partial charge >= 0.3 is 0 Å². The average Bonchev–Trinajstić information content (AvgIpc) is 2.47. The molecule has 0 unspecified atom stereocenters. The van der Waals surface area contributed by atoms with Gasteiger partial charge in [-0.05, 0) is 42.3 Å². The summed E-state index contributed by atoms with van der Waals surface area (Å²) in [5, 5.41) is 0.878. The van der Waals surface area contributed by atoms with Crippen molar-refractivity contribution in [1.82, 2.24) is 4.98 Å². The smallest absolute Gasteiger partial charge is 0.182 e. The molecule has 0 fully saturated rings. The summed E-state index contributed by atoms with van der Waals surface area (Å²) in [4.78, 5) is 3.41. The third-order valence-corrected chi connectivity index (χ3v) is 5.49. The Hall–Kier alpha value is -1.98. The van der Waals surface area contributed by atoms with E-state index in [0.717, 1.165) is 22.0 Å². The molecule has 1 heterocycles. The molecule has 1 N–H and O–H groups in total. The molecule has 1 aromatic heterocycles. The fraction of sp³-hybridized carbons (Fsp3) is 0.118. The van der Waals surface area contributed by atoms with E-state index in [4.69, 9.17) is 12.2 Å². The molecule has 0 saturated carbocycles. The number of hydrogen-bond donors (Lipinski definition) is 1. The second kappa shape index (κ2) is 5.66. The minimum Gasteiger partial charge on any atom is -0.346 e. The van der Waals surface area contributed by atoms with Gasteiger partial charge in [-0.1, -0.05) is 42.5 Å². The van der Waals surface area contributed by atoms with Crippen LogP contribution >= 0.6 is 12.2 Å². The van der Waals surface area contributed by atoms with Gasteiger partial charge in [0.05, 0.1) is 10.6 Å². The molecule has 5 heteroatoms.